The second-order valence-corrected chi connectivity index (χ2v) is 5.00. The molecule has 0 aliphatic rings. The third-order valence-corrected chi connectivity index (χ3v) is 2.83. The summed E-state index contributed by atoms with van der Waals surface area (Å²) in [6.45, 7) is 4.18. The van der Waals surface area contributed by atoms with Crippen molar-refractivity contribution in [2.24, 2.45) is 0 Å². The van der Waals surface area contributed by atoms with E-state index in [0.29, 0.717) is 12.1 Å². The van der Waals surface area contributed by atoms with Crippen molar-refractivity contribution in [3.63, 3.8) is 0 Å². The Morgan fingerprint density at radius 1 is 1.19 bits per heavy atom. The number of rotatable bonds is 5. The maximum absolute atomic E-state index is 13.0. The molecule has 21 heavy (non-hydrogen) atoms. The Morgan fingerprint density at radius 3 is 2.52 bits per heavy atom. The molecule has 2 aromatic rings. The Balaban J connectivity index is 1.94. The van der Waals surface area contributed by atoms with E-state index in [-0.39, 0.29) is 17.8 Å². The molecular formula is C17H18FNO2. The lowest BCUT2D eigenvalue weighted by atomic mass is 10.2. The summed E-state index contributed by atoms with van der Waals surface area (Å²) in [4.78, 5) is 12.0. The van der Waals surface area contributed by atoms with Crippen LogP contribution >= 0.6 is 0 Å². The third kappa shape index (κ3) is 4.60. The summed E-state index contributed by atoms with van der Waals surface area (Å²) in [6, 6.07) is 13.1. The van der Waals surface area contributed by atoms with Gasteiger partial charge in [0.25, 0.3) is 5.91 Å². The van der Waals surface area contributed by atoms with Crippen LogP contribution in [0.25, 0.3) is 0 Å². The van der Waals surface area contributed by atoms with Crippen molar-refractivity contribution in [1.82, 2.24) is 5.32 Å². The minimum absolute atomic E-state index is 0.0950. The zero-order valence-corrected chi connectivity index (χ0v) is 12.1. The molecule has 0 radical (unpaired) electrons. The van der Waals surface area contributed by atoms with Crippen LogP contribution in [0.5, 0.6) is 5.75 Å². The predicted octanol–water partition coefficient (Wildman–Crippen LogP) is 3.54. The molecule has 0 unspecified atom stereocenters. The molecule has 4 heteroatoms. The second-order valence-electron chi connectivity index (χ2n) is 5.00. The molecule has 0 saturated heterocycles. The smallest absolute Gasteiger partial charge is 0.251 e. The average molecular weight is 287 g/mol. The molecule has 0 bridgehead atoms. The number of halogens is 1. The number of benzene rings is 2. The van der Waals surface area contributed by atoms with Crippen LogP contribution in [0.1, 0.15) is 29.8 Å². The molecule has 1 amide bonds. The van der Waals surface area contributed by atoms with Gasteiger partial charge < -0.3 is 10.1 Å². The van der Waals surface area contributed by atoms with Crippen molar-refractivity contribution in [3.05, 3.63) is 65.5 Å². The van der Waals surface area contributed by atoms with Gasteiger partial charge in [-0.15, -0.1) is 0 Å². The summed E-state index contributed by atoms with van der Waals surface area (Å²) in [5, 5.41) is 2.76. The van der Waals surface area contributed by atoms with Crippen molar-refractivity contribution in [1.29, 1.82) is 0 Å². The molecule has 0 aromatic heterocycles. The highest BCUT2D eigenvalue weighted by Crippen LogP contribution is 2.14. The minimum atomic E-state index is -0.308. The first-order valence-electron chi connectivity index (χ1n) is 6.84. The van der Waals surface area contributed by atoms with E-state index in [9.17, 15) is 9.18 Å². The monoisotopic (exact) mass is 287 g/mol. The molecule has 0 aliphatic carbocycles. The molecular weight excluding hydrogens is 269 g/mol. The molecule has 0 fully saturated rings. The molecule has 3 nitrogen and oxygen atoms in total. The highest BCUT2D eigenvalue weighted by molar-refractivity contribution is 5.94. The van der Waals surface area contributed by atoms with Gasteiger partial charge in [-0.2, -0.15) is 0 Å². The first-order valence-corrected chi connectivity index (χ1v) is 6.84. The molecule has 110 valence electrons. The Hall–Kier alpha value is -2.36. The lowest BCUT2D eigenvalue weighted by Gasteiger charge is -2.10. The van der Waals surface area contributed by atoms with Crippen LogP contribution in [0.3, 0.4) is 0 Å². The summed E-state index contributed by atoms with van der Waals surface area (Å²) in [7, 11) is 0. The fourth-order valence-corrected chi connectivity index (χ4v) is 1.89. The maximum Gasteiger partial charge on any atom is 0.251 e. The van der Waals surface area contributed by atoms with Crippen LogP contribution in [0.15, 0.2) is 48.5 Å². The van der Waals surface area contributed by atoms with Crippen LogP contribution in [-0.4, -0.2) is 12.0 Å². The average Bonchev–Trinajstić information content (AvgIpc) is 2.45. The van der Waals surface area contributed by atoms with E-state index in [2.05, 4.69) is 5.32 Å². The number of hydrogen-bond donors (Lipinski definition) is 1. The summed E-state index contributed by atoms with van der Waals surface area (Å²) in [5.74, 6) is 0.221. The van der Waals surface area contributed by atoms with Crippen molar-refractivity contribution in [2.45, 2.75) is 26.5 Å². The lowest BCUT2D eigenvalue weighted by molar-refractivity contribution is 0.0951. The van der Waals surface area contributed by atoms with Gasteiger partial charge in [0.05, 0.1) is 6.10 Å². The standard InChI is InChI=1S/C17H18FNO2/c1-12(2)21-16-8-6-14(7-9-16)17(20)19-11-13-4-3-5-15(18)10-13/h3-10,12H,11H2,1-2H3,(H,19,20). The van der Waals surface area contributed by atoms with E-state index in [0.717, 1.165) is 11.3 Å². The fourth-order valence-electron chi connectivity index (χ4n) is 1.89. The molecule has 0 heterocycles. The van der Waals surface area contributed by atoms with Gasteiger partial charge in [0.2, 0.25) is 0 Å². The Bertz CT molecular complexity index is 608. The van der Waals surface area contributed by atoms with E-state index in [1.807, 2.05) is 13.8 Å². The zero-order chi connectivity index (χ0) is 15.2. The number of carbonyl (C=O) groups excluding carboxylic acids is 1. The van der Waals surface area contributed by atoms with Crippen molar-refractivity contribution >= 4 is 5.91 Å². The molecule has 1 N–H and O–H groups in total. The largest absolute Gasteiger partial charge is 0.491 e. The van der Waals surface area contributed by atoms with Crippen molar-refractivity contribution < 1.29 is 13.9 Å². The first kappa shape index (κ1) is 15.0. The van der Waals surface area contributed by atoms with E-state index >= 15 is 0 Å². The van der Waals surface area contributed by atoms with E-state index in [1.165, 1.54) is 12.1 Å². The van der Waals surface area contributed by atoms with Crippen molar-refractivity contribution in [2.75, 3.05) is 0 Å². The Morgan fingerprint density at radius 2 is 1.90 bits per heavy atom. The normalized spacial score (nSPS) is 10.5. The van der Waals surface area contributed by atoms with Crippen LogP contribution < -0.4 is 10.1 Å². The molecule has 0 spiro atoms. The van der Waals surface area contributed by atoms with Crippen molar-refractivity contribution in [3.8, 4) is 5.75 Å². The summed E-state index contributed by atoms with van der Waals surface area (Å²) in [5.41, 5.74) is 1.27. The van der Waals surface area contributed by atoms with E-state index in [1.54, 1.807) is 36.4 Å². The predicted molar refractivity (Wildman–Crippen MR) is 79.8 cm³/mol. The molecule has 0 aliphatic heterocycles. The Labute approximate surface area is 123 Å². The first-order chi connectivity index (χ1) is 10.0. The van der Waals surface area contributed by atoms with Crippen LogP contribution in [-0.2, 0) is 6.54 Å². The van der Waals surface area contributed by atoms with Crippen LogP contribution in [0.2, 0.25) is 0 Å². The summed E-state index contributed by atoms with van der Waals surface area (Å²) in [6.07, 6.45) is 0.0950. The summed E-state index contributed by atoms with van der Waals surface area (Å²) < 4.78 is 18.6. The van der Waals surface area contributed by atoms with Gasteiger partial charge in [0.1, 0.15) is 11.6 Å². The van der Waals surface area contributed by atoms with Gasteiger partial charge in [-0.25, -0.2) is 4.39 Å². The minimum Gasteiger partial charge on any atom is -0.491 e. The highest BCUT2D eigenvalue weighted by Gasteiger charge is 2.06. The van der Waals surface area contributed by atoms with Gasteiger partial charge in [-0.05, 0) is 55.8 Å². The van der Waals surface area contributed by atoms with Gasteiger partial charge >= 0.3 is 0 Å². The van der Waals surface area contributed by atoms with Gasteiger partial charge in [0, 0.05) is 12.1 Å². The molecule has 2 rings (SSSR count). The van der Waals surface area contributed by atoms with E-state index < -0.39 is 0 Å². The maximum atomic E-state index is 13.0. The third-order valence-electron chi connectivity index (χ3n) is 2.83. The second kappa shape index (κ2) is 6.88. The summed E-state index contributed by atoms with van der Waals surface area (Å²) >= 11 is 0. The highest BCUT2D eigenvalue weighted by atomic mass is 19.1. The van der Waals surface area contributed by atoms with E-state index in [4.69, 9.17) is 4.74 Å². The van der Waals surface area contributed by atoms with Gasteiger partial charge in [0.15, 0.2) is 0 Å². The molecule has 0 atom stereocenters. The number of carbonyl (C=O) groups is 1. The number of hydrogen-bond acceptors (Lipinski definition) is 2. The van der Waals surface area contributed by atoms with Crippen LogP contribution in [0.4, 0.5) is 4.39 Å². The number of amides is 1. The SMILES string of the molecule is CC(C)Oc1ccc(C(=O)NCc2cccc(F)c2)cc1. The zero-order valence-electron chi connectivity index (χ0n) is 12.1. The van der Waals surface area contributed by atoms with Gasteiger partial charge in [-0.3, -0.25) is 4.79 Å². The van der Waals surface area contributed by atoms with Gasteiger partial charge in [-0.1, -0.05) is 12.1 Å². The fraction of sp³-hybridized carbons (Fsp3) is 0.235. The number of ether oxygens (including phenoxy) is 1. The quantitative estimate of drug-likeness (QED) is 0.913. The van der Waals surface area contributed by atoms with Crippen LogP contribution in [0, 0.1) is 5.82 Å². The Kier molecular flexibility index (Phi) is 4.93. The number of nitrogens with one attached hydrogen (secondary N) is 1. The molecule has 0 saturated carbocycles. The topological polar surface area (TPSA) is 38.3 Å². The molecule has 2 aromatic carbocycles. The lowest BCUT2D eigenvalue weighted by Crippen LogP contribution is -2.22.